The van der Waals surface area contributed by atoms with Gasteiger partial charge >= 0.3 is 0 Å². The highest BCUT2D eigenvalue weighted by atomic mass is 32.1. The zero-order valence-corrected chi connectivity index (χ0v) is 13.0. The Hall–Kier alpha value is -0.420. The Morgan fingerprint density at radius 3 is 2.63 bits per heavy atom. The summed E-state index contributed by atoms with van der Waals surface area (Å²) in [5, 5.41) is 3.35. The minimum atomic E-state index is 0.321. The molecule has 0 aliphatic carbocycles. The predicted molar refractivity (Wildman–Crippen MR) is 79.5 cm³/mol. The lowest BCUT2D eigenvalue weighted by Gasteiger charge is -2.31. The molecule has 0 bridgehead atoms. The van der Waals surface area contributed by atoms with E-state index < -0.39 is 0 Å². The highest BCUT2D eigenvalue weighted by Gasteiger charge is 2.24. The van der Waals surface area contributed by atoms with E-state index in [1.165, 1.54) is 9.75 Å². The monoisotopic (exact) mass is 283 g/mol. The van der Waals surface area contributed by atoms with Gasteiger partial charge in [-0.05, 0) is 45.4 Å². The van der Waals surface area contributed by atoms with E-state index in [-0.39, 0.29) is 0 Å². The molecule has 2 unspecified atom stereocenters. The van der Waals surface area contributed by atoms with E-state index >= 15 is 0 Å². The van der Waals surface area contributed by atoms with Crippen molar-refractivity contribution in [2.75, 3.05) is 6.54 Å². The van der Waals surface area contributed by atoms with Crippen molar-refractivity contribution in [2.45, 2.75) is 65.1 Å². The summed E-state index contributed by atoms with van der Waals surface area (Å²) in [7, 11) is 0. The normalized spacial score (nSPS) is 27.6. The number of rotatable bonds is 6. The van der Waals surface area contributed by atoms with Crippen molar-refractivity contribution in [2.24, 2.45) is 0 Å². The largest absolute Gasteiger partial charge is 0.375 e. The van der Waals surface area contributed by atoms with Crippen molar-refractivity contribution in [3.05, 3.63) is 21.9 Å². The molecular weight excluding hydrogens is 258 g/mol. The average Bonchev–Trinajstić information content (AvgIpc) is 2.81. The van der Waals surface area contributed by atoms with Crippen LogP contribution < -0.4 is 5.32 Å². The second-order valence-electron chi connectivity index (χ2n) is 5.31. The molecule has 2 atom stereocenters. The van der Waals surface area contributed by atoms with Crippen LogP contribution in [0, 0.1) is 0 Å². The topological polar surface area (TPSA) is 30.5 Å². The van der Waals surface area contributed by atoms with Gasteiger partial charge in [0.2, 0.25) is 0 Å². The molecule has 1 aromatic rings. The van der Waals surface area contributed by atoms with Crippen molar-refractivity contribution in [1.29, 1.82) is 0 Å². The van der Waals surface area contributed by atoms with Gasteiger partial charge in [-0.15, -0.1) is 11.3 Å². The molecule has 0 saturated carbocycles. The standard InChI is InChI=1S/C15H25NO2S/c1-4-16-9-14-5-6-15(19-14)10-17-13-7-11(2)18-12(3)8-13/h5-6,11-13,16H,4,7-10H2,1-3H3. The second kappa shape index (κ2) is 7.39. The third-order valence-corrected chi connectivity index (χ3v) is 4.44. The SMILES string of the molecule is CCNCc1ccc(COC2CC(C)OC(C)C2)s1. The van der Waals surface area contributed by atoms with Gasteiger partial charge in [0, 0.05) is 16.3 Å². The number of hydrogen-bond donors (Lipinski definition) is 1. The van der Waals surface area contributed by atoms with E-state index in [0.29, 0.717) is 18.3 Å². The van der Waals surface area contributed by atoms with Crippen LogP contribution in [-0.4, -0.2) is 24.9 Å². The van der Waals surface area contributed by atoms with E-state index in [9.17, 15) is 0 Å². The van der Waals surface area contributed by atoms with Crippen LogP contribution in [0.3, 0.4) is 0 Å². The summed E-state index contributed by atoms with van der Waals surface area (Å²) in [5.41, 5.74) is 0. The molecule has 1 aliphatic rings. The number of ether oxygens (including phenoxy) is 2. The van der Waals surface area contributed by atoms with E-state index in [4.69, 9.17) is 9.47 Å². The molecule has 4 heteroatoms. The molecule has 1 aromatic heterocycles. The van der Waals surface area contributed by atoms with E-state index in [0.717, 1.165) is 32.5 Å². The Balaban J connectivity index is 1.76. The Kier molecular flexibility index (Phi) is 5.82. The van der Waals surface area contributed by atoms with Gasteiger partial charge in [-0.25, -0.2) is 0 Å². The fraction of sp³-hybridized carbons (Fsp3) is 0.733. The molecule has 2 rings (SSSR count). The third kappa shape index (κ3) is 4.88. The van der Waals surface area contributed by atoms with Gasteiger partial charge in [0.1, 0.15) is 0 Å². The molecule has 0 spiro atoms. The summed E-state index contributed by atoms with van der Waals surface area (Å²) in [4.78, 5) is 2.70. The van der Waals surface area contributed by atoms with Crippen LogP contribution in [0.4, 0.5) is 0 Å². The summed E-state index contributed by atoms with van der Waals surface area (Å²) < 4.78 is 11.8. The van der Waals surface area contributed by atoms with Crippen LogP contribution >= 0.6 is 11.3 Å². The third-order valence-electron chi connectivity index (χ3n) is 3.38. The maximum atomic E-state index is 6.04. The van der Waals surface area contributed by atoms with Crippen molar-refractivity contribution >= 4 is 11.3 Å². The molecule has 2 heterocycles. The number of thiophene rings is 1. The van der Waals surface area contributed by atoms with Crippen molar-refractivity contribution in [3.63, 3.8) is 0 Å². The molecule has 0 aromatic carbocycles. The van der Waals surface area contributed by atoms with Gasteiger partial charge in [-0.2, -0.15) is 0 Å². The second-order valence-corrected chi connectivity index (χ2v) is 6.56. The van der Waals surface area contributed by atoms with E-state index in [1.807, 2.05) is 11.3 Å². The van der Waals surface area contributed by atoms with Crippen LogP contribution in [0.25, 0.3) is 0 Å². The van der Waals surface area contributed by atoms with Gasteiger partial charge in [-0.3, -0.25) is 0 Å². The Bertz CT molecular complexity index is 370. The lowest BCUT2D eigenvalue weighted by atomic mass is 10.0. The first-order valence-corrected chi connectivity index (χ1v) is 8.04. The van der Waals surface area contributed by atoms with Crippen LogP contribution in [0.2, 0.25) is 0 Å². The van der Waals surface area contributed by atoms with Crippen LogP contribution in [0.1, 0.15) is 43.4 Å². The minimum Gasteiger partial charge on any atom is -0.375 e. The highest BCUT2D eigenvalue weighted by molar-refractivity contribution is 7.11. The first kappa shape index (κ1) is 15.0. The molecule has 1 N–H and O–H groups in total. The molecule has 0 amide bonds. The van der Waals surface area contributed by atoms with Crippen LogP contribution in [-0.2, 0) is 22.6 Å². The fourth-order valence-electron chi connectivity index (χ4n) is 2.52. The summed E-state index contributed by atoms with van der Waals surface area (Å²) in [6.07, 6.45) is 3.01. The summed E-state index contributed by atoms with van der Waals surface area (Å²) >= 11 is 1.84. The summed E-state index contributed by atoms with van der Waals surface area (Å²) in [5.74, 6) is 0. The lowest BCUT2D eigenvalue weighted by molar-refractivity contribution is -0.105. The average molecular weight is 283 g/mol. The molecule has 1 saturated heterocycles. The first-order valence-electron chi connectivity index (χ1n) is 7.22. The van der Waals surface area contributed by atoms with Crippen molar-refractivity contribution < 1.29 is 9.47 Å². The number of nitrogens with one attached hydrogen (secondary N) is 1. The Labute approximate surface area is 120 Å². The zero-order valence-electron chi connectivity index (χ0n) is 12.1. The molecule has 3 nitrogen and oxygen atoms in total. The van der Waals surface area contributed by atoms with Gasteiger partial charge in [0.05, 0.1) is 24.9 Å². The van der Waals surface area contributed by atoms with Gasteiger partial charge in [-0.1, -0.05) is 6.92 Å². The Morgan fingerprint density at radius 2 is 1.95 bits per heavy atom. The maximum Gasteiger partial charge on any atom is 0.0813 e. The molecular formula is C15H25NO2S. The van der Waals surface area contributed by atoms with Crippen LogP contribution in [0.15, 0.2) is 12.1 Å². The smallest absolute Gasteiger partial charge is 0.0813 e. The van der Waals surface area contributed by atoms with E-state index in [2.05, 4.69) is 38.2 Å². The Morgan fingerprint density at radius 1 is 1.26 bits per heavy atom. The zero-order chi connectivity index (χ0) is 13.7. The first-order chi connectivity index (χ1) is 9.17. The molecule has 19 heavy (non-hydrogen) atoms. The fourth-order valence-corrected chi connectivity index (χ4v) is 3.43. The predicted octanol–water partition coefficient (Wildman–Crippen LogP) is 3.33. The molecule has 108 valence electrons. The molecule has 1 aliphatic heterocycles. The van der Waals surface area contributed by atoms with Gasteiger partial charge in [0.25, 0.3) is 0 Å². The molecule has 1 fully saturated rings. The number of hydrogen-bond acceptors (Lipinski definition) is 4. The van der Waals surface area contributed by atoms with Crippen molar-refractivity contribution in [1.82, 2.24) is 5.32 Å². The lowest BCUT2D eigenvalue weighted by Crippen LogP contribution is -2.33. The summed E-state index contributed by atoms with van der Waals surface area (Å²) in [6, 6.07) is 4.38. The molecule has 0 radical (unpaired) electrons. The van der Waals surface area contributed by atoms with Gasteiger partial charge in [0.15, 0.2) is 0 Å². The highest BCUT2D eigenvalue weighted by Crippen LogP contribution is 2.24. The summed E-state index contributed by atoms with van der Waals surface area (Å²) in [6.45, 7) is 9.11. The quantitative estimate of drug-likeness (QED) is 0.868. The van der Waals surface area contributed by atoms with Crippen molar-refractivity contribution in [3.8, 4) is 0 Å². The minimum absolute atomic E-state index is 0.321. The van der Waals surface area contributed by atoms with Crippen LogP contribution in [0.5, 0.6) is 0 Å². The maximum absolute atomic E-state index is 6.04. The van der Waals surface area contributed by atoms with E-state index in [1.54, 1.807) is 0 Å². The van der Waals surface area contributed by atoms with Gasteiger partial charge < -0.3 is 14.8 Å².